The highest BCUT2D eigenvalue weighted by Gasteiger charge is 2.06. The van der Waals surface area contributed by atoms with E-state index in [0.717, 1.165) is 16.7 Å². The molecule has 2 aromatic rings. The number of ether oxygens (including phenoxy) is 1. The molecule has 1 aromatic heterocycles. The summed E-state index contributed by atoms with van der Waals surface area (Å²) in [4.78, 5) is 0. The van der Waals surface area contributed by atoms with Crippen molar-refractivity contribution in [3.8, 4) is 5.75 Å². The highest BCUT2D eigenvalue weighted by atomic mass is 16.5. The molecule has 0 aliphatic heterocycles. The maximum Gasteiger partial charge on any atom is 0.119 e. The summed E-state index contributed by atoms with van der Waals surface area (Å²) >= 11 is 0. The van der Waals surface area contributed by atoms with Gasteiger partial charge in [0.1, 0.15) is 5.75 Å². The van der Waals surface area contributed by atoms with Crippen LogP contribution in [0.5, 0.6) is 5.75 Å². The number of aliphatic hydroxyl groups is 1. The fourth-order valence-electron chi connectivity index (χ4n) is 1.77. The molecule has 1 aromatic carbocycles. The van der Waals surface area contributed by atoms with E-state index in [1.165, 1.54) is 0 Å². The molecule has 1 atom stereocenters. The third-order valence-corrected chi connectivity index (χ3v) is 2.66. The topological polar surface area (TPSA) is 60.4 Å². The van der Waals surface area contributed by atoms with Crippen molar-refractivity contribution in [3.05, 3.63) is 30.5 Å². The lowest BCUT2D eigenvalue weighted by atomic mass is 10.2. The Morgan fingerprint density at radius 3 is 2.94 bits per heavy atom. The minimum absolute atomic E-state index is 0.274. The molecule has 86 valence electrons. The van der Waals surface area contributed by atoms with E-state index in [9.17, 15) is 5.11 Å². The first-order valence-corrected chi connectivity index (χ1v) is 5.25. The summed E-state index contributed by atoms with van der Waals surface area (Å²) in [5.41, 5.74) is 6.47. The maximum atomic E-state index is 9.52. The average molecular weight is 220 g/mol. The van der Waals surface area contributed by atoms with Crippen LogP contribution < -0.4 is 10.5 Å². The zero-order chi connectivity index (χ0) is 11.5. The van der Waals surface area contributed by atoms with Crippen LogP contribution in [-0.4, -0.2) is 29.4 Å². The van der Waals surface area contributed by atoms with E-state index < -0.39 is 6.10 Å². The molecule has 3 N–H and O–H groups in total. The normalized spacial score (nSPS) is 12.9. The predicted octanol–water partition coefficient (Wildman–Crippen LogP) is 0.970. The molecule has 16 heavy (non-hydrogen) atoms. The highest BCUT2D eigenvalue weighted by Crippen LogP contribution is 2.21. The first-order valence-electron chi connectivity index (χ1n) is 5.25. The van der Waals surface area contributed by atoms with E-state index in [1.54, 1.807) is 7.11 Å². The Balaban J connectivity index is 2.34. The molecule has 0 aliphatic carbocycles. The van der Waals surface area contributed by atoms with Crippen molar-refractivity contribution in [2.75, 3.05) is 13.7 Å². The molecule has 0 saturated heterocycles. The van der Waals surface area contributed by atoms with E-state index in [4.69, 9.17) is 10.5 Å². The summed E-state index contributed by atoms with van der Waals surface area (Å²) in [6.45, 7) is 0.794. The van der Waals surface area contributed by atoms with Gasteiger partial charge in [-0.05, 0) is 24.3 Å². The Morgan fingerprint density at radius 2 is 2.25 bits per heavy atom. The number of hydrogen-bond acceptors (Lipinski definition) is 3. The second-order valence-electron chi connectivity index (χ2n) is 3.78. The number of aromatic nitrogens is 1. The van der Waals surface area contributed by atoms with Crippen molar-refractivity contribution < 1.29 is 9.84 Å². The lowest BCUT2D eigenvalue weighted by molar-refractivity contribution is 0.164. The van der Waals surface area contributed by atoms with Gasteiger partial charge in [0.25, 0.3) is 0 Å². The smallest absolute Gasteiger partial charge is 0.119 e. The molecule has 0 radical (unpaired) electrons. The number of methoxy groups -OCH3 is 1. The molecule has 0 spiro atoms. The second-order valence-corrected chi connectivity index (χ2v) is 3.78. The number of benzene rings is 1. The monoisotopic (exact) mass is 220 g/mol. The van der Waals surface area contributed by atoms with Crippen molar-refractivity contribution >= 4 is 10.9 Å². The van der Waals surface area contributed by atoms with Crippen molar-refractivity contribution in [2.24, 2.45) is 5.73 Å². The molecule has 1 heterocycles. The molecule has 0 fully saturated rings. The fraction of sp³-hybridized carbons (Fsp3) is 0.333. The highest BCUT2D eigenvalue weighted by molar-refractivity contribution is 5.81. The van der Waals surface area contributed by atoms with Gasteiger partial charge < -0.3 is 20.1 Å². The standard InChI is InChI=1S/C12H16N2O2/c1-16-11-2-3-12-9(6-11)4-5-14(12)8-10(15)7-13/h2-6,10,15H,7-8,13H2,1H3/t10-/m1/s1. The number of nitrogens with two attached hydrogens (primary N) is 1. The first kappa shape index (κ1) is 11.0. The van der Waals surface area contributed by atoms with E-state index in [1.807, 2.05) is 35.0 Å². The zero-order valence-electron chi connectivity index (χ0n) is 9.26. The molecule has 0 amide bonds. The number of rotatable bonds is 4. The number of fused-ring (bicyclic) bond motifs is 1. The Labute approximate surface area is 94.2 Å². The van der Waals surface area contributed by atoms with Gasteiger partial charge >= 0.3 is 0 Å². The molecule has 0 bridgehead atoms. The summed E-state index contributed by atoms with van der Waals surface area (Å²) in [6.07, 6.45) is 1.45. The molecular formula is C12H16N2O2. The van der Waals surface area contributed by atoms with Crippen LogP contribution in [-0.2, 0) is 6.54 Å². The minimum atomic E-state index is -0.502. The van der Waals surface area contributed by atoms with Gasteiger partial charge in [-0.25, -0.2) is 0 Å². The Kier molecular flexibility index (Phi) is 3.12. The van der Waals surface area contributed by atoms with Crippen LogP contribution >= 0.6 is 0 Å². The molecule has 4 nitrogen and oxygen atoms in total. The third kappa shape index (κ3) is 2.03. The Morgan fingerprint density at radius 1 is 1.44 bits per heavy atom. The van der Waals surface area contributed by atoms with E-state index in [-0.39, 0.29) is 6.54 Å². The van der Waals surface area contributed by atoms with Gasteiger partial charge in [0, 0.05) is 30.2 Å². The first-order chi connectivity index (χ1) is 7.74. The van der Waals surface area contributed by atoms with Crippen LogP contribution in [0.25, 0.3) is 10.9 Å². The lowest BCUT2D eigenvalue weighted by Gasteiger charge is -2.10. The van der Waals surface area contributed by atoms with Gasteiger partial charge in [-0.1, -0.05) is 0 Å². The van der Waals surface area contributed by atoms with E-state index in [0.29, 0.717) is 6.54 Å². The summed E-state index contributed by atoms with van der Waals surface area (Å²) < 4.78 is 7.15. The Bertz CT molecular complexity index is 479. The maximum absolute atomic E-state index is 9.52. The third-order valence-electron chi connectivity index (χ3n) is 2.66. The molecule has 0 unspecified atom stereocenters. The largest absolute Gasteiger partial charge is 0.497 e. The molecule has 0 saturated carbocycles. The zero-order valence-corrected chi connectivity index (χ0v) is 9.26. The summed E-state index contributed by atoms with van der Waals surface area (Å²) in [6, 6.07) is 7.87. The summed E-state index contributed by atoms with van der Waals surface area (Å²) in [7, 11) is 1.65. The fourth-order valence-corrected chi connectivity index (χ4v) is 1.77. The number of aliphatic hydroxyl groups excluding tert-OH is 1. The predicted molar refractivity (Wildman–Crippen MR) is 63.6 cm³/mol. The summed E-state index contributed by atoms with van der Waals surface area (Å²) in [5.74, 6) is 0.838. The molecule has 0 aliphatic rings. The Hall–Kier alpha value is -1.52. The van der Waals surface area contributed by atoms with E-state index >= 15 is 0 Å². The second kappa shape index (κ2) is 4.55. The summed E-state index contributed by atoms with van der Waals surface area (Å²) in [5, 5.41) is 10.6. The van der Waals surface area contributed by atoms with Crippen LogP contribution in [0, 0.1) is 0 Å². The van der Waals surface area contributed by atoms with Gasteiger partial charge in [-0.15, -0.1) is 0 Å². The van der Waals surface area contributed by atoms with Crippen molar-refractivity contribution in [3.63, 3.8) is 0 Å². The van der Waals surface area contributed by atoms with Crippen LogP contribution in [0.1, 0.15) is 0 Å². The quantitative estimate of drug-likeness (QED) is 0.807. The van der Waals surface area contributed by atoms with Gasteiger partial charge in [-0.3, -0.25) is 0 Å². The average Bonchev–Trinajstić information content (AvgIpc) is 2.71. The number of nitrogens with zero attached hydrogens (tertiary/aromatic N) is 1. The van der Waals surface area contributed by atoms with Crippen molar-refractivity contribution in [2.45, 2.75) is 12.6 Å². The molecule has 4 heteroatoms. The number of hydrogen-bond donors (Lipinski definition) is 2. The van der Waals surface area contributed by atoms with Crippen molar-refractivity contribution in [1.29, 1.82) is 0 Å². The molecular weight excluding hydrogens is 204 g/mol. The van der Waals surface area contributed by atoms with Crippen molar-refractivity contribution in [1.82, 2.24) is 4.57 Å². The van der Waals surface area contributed by atoms with Gasteiger partial charge in [0.2, 0.25) is 0 Å². The lowest BCUT2D eigenvalue weighted by Crippen LogP contribution is -2.24. The molecule has 2 rings (SSSR count). The van der Waals surface area contributed by atoms with E-state index in [2.05, 4.69) is 0 Å². The SMILES string of the molecule is COc1ccc2c(ccn2C[C@H](O)CN)c1. The van der Waals surface area contributed by atoms with Gasteiger partial charge in [0.15, 0.2) is 0 Å². The van der Waals surface area contributed by atoms with Crippen LogP contribution in [0.15, 0.2) is 30.5 Å². The van der Waals surface area contributed by atoms with Gasteiger partial charge in [0.05, 0.1) is 13.2 Å². The minimum Gasteiger partial charge on any atom is -0.497 e. The van der Waals surface area contributed by atoms with Crippen LogP contribution in [0.4, 0.5) is 0 Å². The van der Waals surface area contributed by atoms with Crippen LogP contribution in [0.3, 0.4) is 0 Å². The van der Waals surface area contributed by atoms with Gasteiger partial charge in [-0.2, -0.15) is 0 Å². The van der Waals surface area contributed by atoms with Crippen LogP contribution in [0.2, 0.25) is 0 Å².